The molecule has 1 N–H and O–H groups in total. The highest BCUT2D eigenvalue weighted by molar-refractivity contribution is 7.10. The van der Waals surface area contributed by atoms with Crippen LogP contribution in [-0.4, -0.2) is 30.3 Å². The van der Waals surface area contributed by atoms with Gasteiger partial charge in [0.15, 0.2) is 11.5 Å². The molecule has 0 aliphatic rings. The van der Waals surface area contributed by atoms with E-state index in [0.29, 0.717) is 22.2 Å². The minimum Gasteiger partial charge on any atom is -0.297 e. The average Bonchev–Trinajstić information content (AvgIpc) is 3.30. The molecule has 4 aromatic rings. The summed E-state index contributed by atoms with van der Waals surface area (Å²) >= 11 is 1.12. The number of nitrogens with one attached hydrogen (secondary N) is 1. The molecule has 146 valence electrons. The van der Waals surface area contributed by atoms with Crippen LogP contribution in [0.4, 0.5) is 5.13 Å². The van der Waals surface area contributed by atoms with Crippen LogP contribution in [0.1, 0.15) is 32.7 Å². The summed E-state index contributed by atoms with van der Waals surface area (Å²) in [5, 5.41) is 11.7. The molecule has 0 saturated carbocycles. The van der Waals surface area contributed by atoms with Crippen molar-refractivity contribution in [3.63, 3.8) is 0 Å². The summed E-state index contributed by atoms with van der Waals surface area (Å²) in [5.74, 6) is 0.231. The van der Waals surface area contributed by atoms with Gasteiger partial charge in [-0.15, -0.1) is 5.10 Å². The maximum atomic E-state index is 12.4. The minimum atomic E-state index is -0.216. The molecule has 0 saturated heterocycles. The van der Waals surface area contributed by atoms with Gasteiger partial charge >= 0.3 is 0 Å². The van der Waals surface area contributed by atoms with E-state index in [1.54, 1.807) is 10.7 Å². The zero-order chi connectivity index (χ0) is 20.5. The van der Waals surface area contributed by atoms with Gasteiger partial charge in [-0.1, -0.05) is 29.0 Å². The Bertz CT molecular complexity index is 1210. The predicted octanol–water partition coefficient (Wildman–Crippen LogP) is 4.27. The van der Waals surface area contributed by atoms with E-state index in [2.05, 4.69) is 51.0 Å². The van der Waals surface area contributed by atoms with Gasteiger partial charge in [0.25, 0.3) is 5.91 Å². The second-order valence-electron chi connectivity index (χ2n) is 6.95. The SMILES string of the molecule is Cc1cccc(C(=O)Nc2nc(-c3nnn(-c4ccc(C)c(C)c4)c3C)ns2)c1. The predicted molar refractivity (Wildman–Crippen MR) is 114 cm³/mol. The molecular weight excluding hydrogens is 384 g/mol. The molecule has 0 unspecified atom stereocenters. The lowest BCUT2D eigenvalue weighted by Gasteiger charge is -2.06. The van der Waals surface area contributed by atoms with E-state index in [9.17, 15) is 4.79 Å². The van der Waals surface area contributed by atoms with E-state index in [1.165, 1.54) is 11.1 Å². The third-order valence-electron chi connectivity index (χ3n) is 4.77. The van der Waals surface area contributed by atoms with Gasteiger partial charge in [0, 0.05) is 17.1 Å². The number of hydrogen-bond acceptors (Lipinski definition) is 6. The fourth-order valence-electron chi connectivity index (χ4n) is 2.96. The van der Waals surface area contributed by atoms with Gasteiger partial charge in [0.1, 0.15) is 0 Å². The summed E-state index contributed by atoms with van der Waals surface area (Å²) in [6, 6.07) is 13.5. The van der Waals surface area contributed by atoms with Crippen molar-refractivity contribution in [2.24, 2.45) is 0 Å². The Labute approximate surface area is 172 Å². The fraction of sp³-hybridized carbons (Fsp3) is 0.190. The van der Waals surface area contributed by atoms with Crippen molar-refractivity contribution in [3.05, 3.63) is 70.4 Å². The molecule has 7 nitrogen and oxygen atoms in total. The number of aromatic nitrogens is 5. The van der Waals surface area contributed by atoms with Gasteiger partial charge in [-0.2, -0.15) is 9.36 Å². The molecule has 2 aromatic carbocycles. The van der Waals surface area contributed by atoms with Crippen LogP contribution >= 0.6 is 11.5 Å². The van der Waals surface area contributed by atoms with Crippen molar-refractivity contribution in [2.45, 2.75) is 27.7 Å². The number of aryl methyl sites for hydroxylation is 3. The highest BCUT2D eigenvalue weighted by Crippen LogP contribution is 2.24. The Morgan fingerprint density at radius 1 is 1.03 bits per heavy atom. The third kappa shape index (κ3) is 3.79. The molecule has 8 heteroatoms. The number of carbonyl (C=O) groups excluding carboxylic acids is 1. The van der Waals surface area contributed by atoms with E-state index < -0.39 is 0 Å². The zero-order valence-electron chi connectivity index (χ0n) is 16.6. The summed E-state index contributed by atoms with van der Waals surface area (Å²) in [5.41, 5.74) is 6.38. The molecule has 2 heterocycles. The standard InChI is InChI=1S/C21H20N6OS/c1-12-6-5-7-16(10-12)20(28)23-21-22-19(25-29-21)18-15(4)27(26-24-18)17-9-8-13(2)14(3)11-17/h5-11H,1-4H3,(H,22,23,25,28). The normalized spacial score (nSPS) is 10.9. The van der Waals surface area contributed by atoms with E-state index in [-0.39, 0.29) is 5.91 Å². The van der Waals surface area contributed by atoms with Crippen LogP contribution in [0.3, 0.4) is 0 Å². The number of anilines is 1. The van der Waals surface area contributed by atoms with Crippen molar-refractivity contribution in [2.75, 3.05) is 5.32 Å². The van der Waals surface area contributed by atoms with Gasteiger partial charge in [-0.05, 0) is 63.1 Å². The van der Waals surface area contributed by atoms with E-state index in [0.717, 1.165) is 28.5 Å². The van der Waals surface area contributed by atoms with E-state index in [4.69, 9.17) is 0 Å². The lowest BCUT2D eigenvalue weighted by atomic mass is 10.1. The van der Waals surface area contributed by atoms with Gasteiger partial charge in [0.05, 0.1) is 11.4 Å². The number of amides is 1. The summed E-state index contributed by atoms with van der Waals surface area (Å²) in [6.07, 6.45) is 0. The molecule has 1 amide bonds. The molecular formula is C21H20N6OS. The van der Waals surface area contributed by atoms with Gasteiger partial charge in [-0.3, -0.25) is 10.1 Å². The highest BCUT2D eigenvalue weighted by Gasteiger charge is 2.18. The third-order valence-corrected chi connectivity index (χ3v) is 5.40. The molecule has 4 rings (SSSR count). The van der Waals surface area contributed by atoms with Crippen molar-refractivity contribution < 1.29 is 4.79 Å². The molecule has 0 atom stereocenters. The topological polar surface area (TPSA) is 85.6 Å². The minimum absolute atomic E-state index is 0.216. The summed E-state index contributed by atoms with van der Waals surface area (Å²) in [7, 11) is 0. The first kappa shape index (κ1) is 18.9. The van der Waals surface area contributed by atoms with Crippen LogP contribution in [0, 0.1) is 27.7 Å². The molecule has 0 bridgehead atoms. The van der Waals surface area contributed by atoms with Crippen molar-refractivity contribution in [1.82, 2.24) is 24.4 Å². The first-order valence-corrected chi connectivity index (χ1v) is 9.92. The van der Waals surface area contributed by atoms with Crippen molar-refractivity contribution in [1.29, 1.82) is 0 Å². The number of nitrogens with zero attached hydrogens (tertiary/aromatic N) is 5. The molecule has 0 aliphatic carbocycles. The average molecular weight is 404 g/mol. The number of hydrogen-bond donors (Lipinski definition) is 1. The Morgan fingerprint density at radius 2 is 1.86 bits per heavy atom. The van der Waals surface area contributed by atoms with Crippen molar-refractivity contribution >= 4 is 22.6 Å². The number of benzene rings is 2. The Balaban J connectivity index is 1.58. The maximum absolute atomic E-state index is 12.4. The molecule has 0 aliphatic heterocycles. The Morgan fingerprint density at radius 3 is 2.62 bits per heavy atom. The number of carbonyl (C=O) groups is 1. The lowest BCUT2D eigenvalue weighted by molar-refractivity contribution is 0.102. The second-order valence-corrected chi connectivity index (χ2v) is 7.70. The smallest absolute Gasteiger partial charge is 0.257 e. The lowest BCUT2D eigenvalue weighted by Crippen LogP contribution is -2.11. The molecule has 0 fully saturated rings. The van der Waals surface area contributed by atoms with Crippen LogP contribution in [0.2, 0.25) is 0 Å². The van der Waals surface area contributed by atoms with Crippen LogP contribution in [0.25, 0.3) is 17.2 Å². The van der Waals surface area contributed by atoms with Gasteiger partial charge in [0.2, 0.25) is 5.13 Å². The monoisotopic (exact) mass is 404 g/mol. The van der Waals surface area contributed by atoms with Crippen LogP contribution in [0.15, 0.2) is 42.5 Å². The quantitative estimate of drug-likeness (QED) is 0.549. The second kappa shape index (κ2) is 7.56. The van der Waals surface area contributed by atoms with Gasteiger partial charge in [-0.25, -0.2) is 4.68 Å². The van der Waals surface area contributed by atoms with Crippen LogP contribution < -0.4 is 5.32 Å². The zero-order valence-corrected chi connectivity index (χ0v) is 17.4. The van der Waals surface area contributed by atoms with Crippen LogP contribution in [-0.2, 0) is 0 Å². The maximum Gasteiger partial charge on any atom is 0.257 e. The van der Waals surface area contributed by atoms with E-state index >= 15 is 0 Å². The Kier molecular flexibility index (Phi) is 4.94. The van der Waals surface area contributed by atoms with E-state index in [1.807, 2.05) is 38.1 Å². The first-order chi connectivity index (χ1) is 13.9. The summed E-state index contributed by atoms with van der Waals surface area (Å²) in [6.45, 7) is 8.01. The number of rotatable bonds is 4. The molecule has 29 heavy (non-hydrogen) atoms. The fourth-order valence-corrected chi connectivity index (χ4v) is 3.53. The molecule has 0 radical (unpaired) electrons. The van der Waals surface area contributed by atoms with Crippen molar-refractivity contribution in [3.8, 4) is 17.2 Å². The largest absolute Gasteiger partial charge is 0.297 e. The first-order valence-electron chi connectivity index (χ1n) is 9.14. The highest BCUT2D eigenvalue weighted by atomic mass is 32.1. The Hall–Kier alpha value is -3.39. The summed E-state index contributed by atoms with van der Waals surface area (Å²) in [4.78, 5) is 16.9. The molecule has 0 spiro atoms. The van der Waals surface area contributed by atoms with Crippen LogP contribution in [0.5, 0.6) is 0 Å². The summed E-state index contributed by atoms with van der Waals surface area (Å²) < 4.78 is 6.12. The molecule has 2 aromatic heterocycles. The van der Waals surface area contributed by atoms with Gasteiger partial charge < -0.3 is 0 Å².